The smallest absolute Gasteiger partial charge is 0.218 e. The molecule has 1 aromatic heterocycles. The Morgan fingerprint density at radius 1 is 1.33 bits per heavy atom. The average molecular weight is 292 g/mol. The maximum Gasteiger partial charge on any atom is 0.218 e. The van der Waals surface area contributed by atoms with E-state index in [9.17, 15) is 0 Å². The molecule has 1 aliphatic heterocycles. The second-order valence-electron chi connectivity index (χ2n) is 6.47. The van der Waals surface area contributed by atoms with Gasteiger partial charge in [-0.3, -0.25) is 0 Å². The summed E-state index contributed by atoms with van der Waals surface area (Å²) in [5, 5.41) is 3.56. The van der Waals surface area contributed by atoms with Crippen molar-refractivity contribution in [3.63, 3.8) is 0 Å². The van der Waals surface area contributed by atoms with E-state index in [-0.39, 0.29) is 6.10 Å². The van der Waals surface area contributed by atoms with Gasteiger partial charge in [-0.05, 0) is 39.2 Å². The van der Waals surface area contributed by atoms with Crippen LogP contribution in [0.4, 0.5) is 5.82 Å². The molecule has 0 saturated carbocycles. The molecule has 1 aliphatic rings. The highest BCUT2D eigenvalue weighted by Gasteiger charge is 2.20. The van der Waals surface area contributed by atoms with Crippen LogP contribution in [0.25, 0.3) is 0 Å². The molecule has 0 aliphatic carbocycles. The number of rotatable bonds is 7. The van der Waals surface area contributed by atoms with Crippen LogP contribution in [0.1, 0.15) is 40.5 Å². The first-order valence-electron chi connectivity index (χ1n) is 8.01. The first-order valence-corrected chi connectivity index (χ1v) is 8.01. The lowest BCUT2D eigenvalue weighted by Gasteiger charge is -2.28. The second-order valence-corrected chi connectivity index (χ2v) is 6.47. The summed E-state index contributed by atoms with van der Waals surface area (Å²) in [6.45, 7) is 11.6. The van der Waals surface area contributed by atoms with Crippen molar-refractivity contribution in [2.45, 2.75) is 52.7 Å². The maximum absolute atomic E-state index is 5.69. The Morgan fingerprint density at radius 3 is 2.76 bits per heavy atom. The van der Waals surface area contributed by atoms with Gasteiger partial charge in [0.15, 0.2) is 0 Å². The van der Waals surface area contributed by atoms with Crippen LogP contribution in [0.3, 0.4) is 0 Å². The van der Waals surface area contributed by atoms with E-state index < -0.39 is 0 Å². The quantitative estimate of drug-likeness (QED) is 0.836. The summed E-state index contributed by atoms with van der Waals surface area (Å²) in [6, 6.07) is 2.52. The van der Waals surface area contributed by atoms with Crippen molar-refractivity contribution in [2.75, 3.05) is 24.5 Å². The van der Waals surface area contributed by atoms with Gasteiger partial charge in [0, 0.05) is 25.2 Å². The summed E-state index contributed by atoms with van der Waals surface area (Å²) in [4.78, 5) is 11.0. The molecule has 0 spiro atoms. The first-order chi connectivity index (χ1) is 10.0. The minimum Gasteiger partial charge on any atom is -0.475 e. The van der Waals surface area contributed by atoms with Crippen LogP contribution in [0.5, 0.6) is 5.88 Å². The van der Waals surface area contributed by atoms with E-state index in [0.29, 0.717) is 17.8 Å². The fraction of sp³-hybridized carbons (Fsp3) is 0.750. The Kier molecular flexibility index (Phi) is 5.79. The minimum atomic E-state index is 0.128. The number of ether oxygens (including phenoxy) is 1. The highest BCUT2D eigenvalue weighted by molar-refractivity contribution is 5.41. The van der Waals surface area contributed by atoms with Gasteiger partial charge < -0.3 is 15.0 Å². The maximum atomic E-state index is 5.69. The standard InChI is InChI=1S/C16H28N4O/c1-12(2)9-20(10-14-6-5-7-17-14)15-8-16(19-11-18-15)21-13(3)4/h8,11-14,17H,5-7,9-10H2,1-4H3. The lowest BCUT2D eigenvalue weighted by Crippen LogP contribution is -2.39. The van der Waals surface area contributed by atoms with Crippen molar-refractivity contribution >= 4 is 5.82 Å². The fourth-order valence-electron chi connectivity index (χ4n) is 2.69. The molecular weight excluding hydrogens is 264 g/mol. The van der Waals surface area contributed by atoms with Crippen LogP contribution in [0.15, 0.2) is 12.4 Å². The van der Waals surface area contributed by atoms with E-state index in [2.05, 4.69) is 34.0 Å². The van der Waals surface area contributed by atoms with E-state index in [1.54, 1.807) is 6.33 Å². The molecule has 1 unspecified atom stereocenters. The summed E-state index contributed by atoms with van der Waals surface area (Å²) in [7, 11) is 0. The topological polar surface area (TPSA) is 50.3 Å². The average Bonchev–Trinajstić information content (AvgIpc) is 2.90. The van der Waals surface area contributed by atoms with E-state index in [1.807, 2.05) is 19.9 Å². The summed E-state index contributed by atoms with van der Waals surface area (Å²) >= 11 is 0. The molecule has 21 heavy (non-hydrogen) atoms. The lowest BCUT2D eigenvalue weighted by molar-refractivity contribution is 0.232. The number of aromatic nitrogens is 2. The molecule has 5 heteroatoms. The number of hydrogen-bond donors (Lipinski definition) is 1. The minimum absolute atomic E-state index is 0.128. The predicted octanol–water partition coefficient (Wildman–Crippen LogP) is 2.48. The van der Waals surface area contributed by atoms with Gasteiger partial charge in [0.05, 0.1) is 6.10 Å². The second kappa shape index (κ2) is 7.59. The zero-order valence-electron chi connectivity index (χ0n) is 13.7. The number of nitrogens with one attached hydrogen (secondary N) is 1. The summed E-state index contributed by atoms with van der Waals surface area (Å²) in [5.74, 6) is 2.21. The summed E-state index contributed by atoms with van der Waals surface area (Å²) in [6.07, 6.45) is 4.24. The monoisotopic (exact) mass is 292 g/mol. The molecule has 2 heterocycles. The molecule has 1 saturated heterocycles. The molecule has 0 bridgehead atoms. The highest BCUT2D eigenvalue weighted by atomic mass is 16.5. The van der Waals surface area contributed by atoms with Crippen molar-refractivity contribution in [3.8, 4) is 5.88 Å². The third kappa shape index (κ3) is 5.16. The molecule has 2 rings (SSSR count). The van der Waals surface area contributed by atoms with Crippen molar-refractivity contribution in [1.82, 2.24) is 15.3 Å². The van der Waals surface area contributed by atoms with Gasteiger partial charge in [-0.25, -0.2) is 9.97 Å². The fourth-order valence-corrected chi connectivity index (χ4v) is 2.69. The van der Waals surface area contributed by atoms with Gasteiger partial charge in [0.2, 0.25) is 5.88 Å². The van der Waals surface area contributed by atoms with Crippen LogP contribution in [-0.2, 0) is 0 Å². The molecule has 0 radical (unpaired) electrons. The van der Waals surface area contributed by atoms with Gasteiger partial charge in [-0.1, -0.05) is 13.8 Å². The lowest BCUT2D eigenvalue weighted by atomic mass is 10.1. The van der Waals surface area contributed by atoms with Crippen molar-refractivity contribution in [1.29, 1.82) is 0 Å². The Balaban J connectivity index is 2.10. The van der Waals surface area contributed by atoms with E-state index in [4.69, 9.17) is 4.74 Å². The third-order valence-electron chi connectivity index (χ3n) is 3.50. The van der Waals surface area contributed by atoms with Crippen molar-refractivity contribution < 1.29 is 4.74 Å². The van der Waals surface area contributed by atoms with Crippen molar-refractivity contribution in [3.05, 3.63) is 12.4 Å². The number of nitrogens with zero attached hydrogens (tertiary/aromatic N) is 3. The molecule has 118 valence electrons. The van der Waals surface area contributed by atoms with Crippen LogP contribution in [-0.4, -0.2) is 41.7 Å². The van der Waals surface area contributed by atoms with Crippen LogP contribution in [0, 0.1) is 5.92 Å². The molecule has 1 aromatic rings. The molecule has 1 atom stereocenters. The molecule has 0 aromatic carbocycles. The van der Waals surface area contributed by atoms with E-state index in [0.717, 1.165) is 25.5 Å². The SMILES string of the molecule is CC(C)CN(CC1CCCN1)c1cc(OC(C)C)ncn1. The predicted molar refractivity (Wildman–Crippen MR) is 85.9 cm³/mol. The Morgan fingerprint density at radius 2 is 2.14 bits per heavy atom. The Labute approximate surface area is 128 Å². The van der Waals surface area contributed by atoms with Gasteiger partial charge >= 0.3 is 0 Å². The normalized spacial score (nSPS) is 18.5. The Bertz CT molecular complexity index is 430. The molecule has 1 fully saturated rings. The van der Waals surface area contributed by atoms with Gasteiger partial charge in [-0.15, -0.1) is 0 Å². The van der Waals surface area contributed by atoms with Crippen LogP contribution < -0.4 is 15.0 Å². The van der Waals surface area contributed by atoms with Crippen LogP contribution in [0.2, 0.25) is 0 Å². The zero-order chi connectivity index (χ0) is 15.2. The zero-order valence-corrected chi connectivity index (χ0v) is 13.7. The van der Waals surface area contributed by atoms with Gasteiger partial charge in [-0.2, -0.15) is 0 Å². The van der Waals surface area contributed by atoms with E-state index in [1.165, 1.54) is 12.8 Å². The molecular formula is C16H28N4O. The highest BCUT2D eigenvalue weighted by Crippen LogP contribution is 2.19. The summed E-state index contributed by atoms with van der Waals surface area (Å²) in [5.41, 5.74) is 0. The van der Waals surface area contributed by atoms with Crippen LogP contribution >= 0.6 is 0 Å². The van der Waals surface area contributed by atoms with Gasteiger partial charge in [0.1, 0.15) is 12.1 Å². The number of hydrogen-bond acceptors (Lipinski definition) is 5. The van der Waals surface area contributed by atoms with Crippen molar-refractivity contribution in [2.24, 2.45) is 5.92 Å². The molecule has 1 N–H and O–H groups in total. The number of anilines is 1. The van der Waals surface area contributed by atoms with Gasteiger partial charge in [0.25, 0.3) is 0 Å². The van der Waals surface area contributed by atoms with E-state index >= 15 is 0 Å². The summed E-state index contributed by atoms with van der Waals surface area (Å²) < 4.78 is 5.69. The molecule has 0 amide bonds. The third-order valence-corrected chi connectivity index (χ3v) is 3.50. The molecule has 5 nitrogen and oxygen atoms in total. The first kappa shape index (κ1) is 16.0. The largest absolute Gasteiger partial charge is 0.475 e. The Hall–Kier alpha value is -1.36.